The number of hydrogen-bond acceptors (Lipinski definition) is 1. The molecule has 1 aromatic carbocycles. The van der Waals surface area contributed by atoms with Gasteiger partial charge < -0.3 is 5.32 Å². The zero-order chi connectivity index (χ0) is 12.5. The van der Waals surface area contributed by atoms with Crippen LogP contribution >= 0.6 is 0 Å². The molecule has 1 rings (SSSR count). The summed E-state index contributed by atoms with van der Waals surface area (Å²) < 4.78 is 0. The van der Waals surface area contributed by atoms with Crippen LogP contribution in [-0.4, -0.2) is 13.1 Å². The Morgan fingerprint density at radius 2 is 1.88 bits per heavy atom. The Hall–Kier alpha value is -1.08. The van der Waals surface area contributed by atoms with E-state index < -0.39 is 0 Å². The average Bonchev–Trinajstić information content (AvgIpc) is 2.32. The molecule has 0 spiro atoms. The van der Waals surface area contributed by atoms with Crippen LogP contribution in [0.25, 0.3) is 0 Å². The number of allylic oxidation sites excluding steroid dienone is 1. The Morgan fingerprint density at radius 3 is 2.53 bits per heavy atom. The van der Waals surface area contributed by atoms with Gasteiger partial charge in [-0.25, -0.2) is 0 Å². The third-order valence-corrected chi connectivity index (χ3v) is 2.84. The van der Waals surface area contributed by atoms with Crippen molar-refractivity contribution in [1.82, 2.24) is 5.32 Å². The fourth-order valence-corrected chi connectivity index (χ4v) is 1.82. The monoisotopic (exact) mass is 231 g/mol. The van der Waals surface area contributed by atoms with Gasteiger partial charge in [0.05, 0.1) is 0 Å². The fraction of sp³-hybridized carbons (Fsp3) is 0.500. The molecule has 0 amide bonds. The molecule has 0 aliphatic carbocycles. The highest BCUT2D eigenvalue weighted by molar-refractivity contribution is 5.25. The number of rotatable bonds is 7. The number of aryl methyl sites for hydroxylation is 1. The van der Waals surface area contributed by atoms with Gasteiger partial charge in [-0.2, -0.15) is 0 Å². The van der Waals surface area contributed by atoms with Gasteiger partial charge in [-0.15, -0.1) is 0 Å². The lowest BCUT2D eigenvalue weighted by Gasteiger charge is -2.04. The quantitative estimate of drug-likeness (QED) is 0.555. The van der Waals surface area contributed by atoms with Crippen molar-refractivity contribution in [2.45, 2.75) is 40.0 Å². The summed E-state index contributed by atoms with van der Waals surface area (Å²) in [5.41, 5.74) is 4.21. The van der Waals surface area contributed by atoms with Gasteiger partial charge in [-0.1, -0.05) is 48.4 Å². The second-order valence-corrected chi connectivity index (χ2v) is 4.75. The average molecular weight is 231 g/mol. The molecule has 1 aromatic rings. The van der Waals surface area contributed by atoms with E-state index in [-0.39, 0.29) is 0 Å². The molecule has 1 nitrogen and oxygen atoms in total. The van der Waals surface area contributed by atoms with Crippen molar-refractivity contribution < 1.29 is 0 Å². The van der Waals surface area contributed by atoms with E-state index in [0.717, 1.165) is 25.9 Å². The number of benzene rings is 1. The maximum atomic E-state index is 3.42. The molecule has 0 fully saturated rings. The van der Waals surface area contributed by atoms with Crippen molar-refractivity contribution in [3.63, 3.8) is 0 Å². The second-order valence-electron chi connectivity index (χ2n) is 4.75. The van der Waals surface area contributed by atoms with Crippen LogP contribution in [-0.2, 0) is 6.42 Å². The van der Waals surface area contributed by atoms with Crippen LogP contribution in [0.5, 0.6) is 0 Å². The second kappa shape index (κ2) is 8.08. The van der Waals surface area contributed by atoms with Crippen LogP contribution < -0.4 is 5.32 Å². The molecule has 0 heterocycles. The third-order valence-electron chi connectivity index (χ3n) is 2.84. The van der Waals surface area contributed by atoms with Crippen molar-refractivity contribution in [3.05, 3.63) is 47.0 Å². The lowest BCUT2D eigenvalue weighted by molar-refractivity contribution is 0.677. The fourth-order valence-electron chi connectivity index (χ4n) is 1.82. The van der Waals surface area contributed by atoms with Crippen LogP contribution in [0.4, 0.5) is 0 Å². The first kappa shape index (κ1) is 14.0. The highest BCUT2D eigenvalue weighted by Crippen LogP contribution is 2.09. The van der Waals surface area contributed by atoms with Crippen molar-refractivity contribution in [3.8, 4) is 0 Å². The molecule has 0 aliphatic rings. The summed E-state index contributed by atoms with van der Waals surface area (Å²) in [7, 11) is 0. The normalized spacial score (nSPS) is 11.8. The van der Waals surface area contributed by atoms with E-state index >= 15 is 0 Å². The first-order chi connectivity index (χ1) is 8.22. The molecule has 94 valence electrons. The van der Waals surface area contributed by atoms with E-state index in [1.807, 2.05) is 0 Å². The summed E-state index contributed by atoms with van der Waals surface area (Å²) in [4.78, 5) is 0. The Kier molecular flexibility index (Phi) is 6.64. The van der Waals surface area contributed by atoms with E-state index in [1.54, 1.807) is 0 Å². The SMILES string of the molecule is CCCNCCC=C(C)Cc1ccc(C)cc1. The number of nitrogens with one attached hydrogen (secondary N) is 1. The van der Waals surface area contributed by atoms with E-state index in [4.69, 9.17) is 0 Å². The van der Waals surface area contributed by atoms with Crippen LogP contribution in [0.2, 0.25) is 0 Å². The number of hydrogen-bond donors (Lipinski definition) is 1. The van der Waals surface area contributed by atoms with Crippen molar-refractivity contribution in [2.24, 2.45) is 0 Å². The topological polar surface area (TPSA) is 12.0 Å². The van der Waals surface area contributed by atoms with Crippen LogP contribution in [0, 0.1) is 6.92 Å². The van der Waals surface area contributed by atoms with E-state index in [2.05, 4.69) is 56.4 Å². The highest BCUT2D eigenvalue weighted by Gasteiger charge is 1.94. The Labute approximate surface area is 106 Å². The van der Waals surface area contributed by atoms with Gasteiger partial charge in [0.2, 0.25) is 0 Å². The van der Waals surface area contributed by atoms with E-state index in [1.165, 1.54) is 23.1 Å². The Morgan fingerprint density at radius 1 is 1.18 bits per heavy atom. The van der Waals surface area contributed by atoms with E-state index in [0.29, 0.717) is 0 Å². The minimum Gasteiger partial charge on any atom is -0.316 e. The standard InChI is InChI=1S/C16H25N/c1-4-11-17-12-5-6-15(3)13-16-9-7-14(2)8-10-16/h6-10,17H,4-5,11-13H2,1-3H3. The molecule has 0 atom stereocenters. The highest BCUT2D eigenvalue weighted by atomic mass is 14.8. The van der Waals surface area contributed by atoms with Crippen molar-refractivity contribution in [2.75, 3.05) is 13.1 Å². The van der Waals surface area contributed by atoms with Crippen molar-refractivity contribution in [1.29, 1.82) is 0 Å². The van der Waals surface area contributed by atoms with Gasteiger partial charge in [-0.05, 0) is 51.8 Å². The van der Waals surface area contributed by atoms with Gasteiger partial charge in [0.15, 0.2) is 0 Å². The molecule has 0 unspecified atom stereocenters. The summed E-state index contributed by atoms with van der Waals surface area (Å²) in [6.07, 6.45) is 5.78. The Bertz CT molecular complexity index is 335. The summed E-state index contributed by atoms with van der Waals surface area (Å²) in [5.74, 6) is 0. The molecule has 0 radical (unpaired) electrons. The molecule has 0 saturated heterocycles. The van der Waals surface area contributed by atoms with Gasteiger partial charge in [-0.3, -0.25) is 0 Å². The summed E-state index contributed by atoms with van der Waals surface area (Å²) >= 11 is 0. The molecule has 1 N–H and O–H groups in total. The van der Waals surface area contributed by atoms with E-state index in [9.17, 15) is 0 Å². The maximum absolute atomic E-state index is 3.42. The van der Waals surface area contributed by atoms with Crippen molar-refractivity contribution >= 4 is 0 Å². The minimum atomic E-state index is 1.08. The van der Waals surface area contributed by atoms with Gasteiger partial charge in [0.25, 0.3) is 0 Å². The van der Waals surface area contributed by atoms with Crippen LogP contribution in [0.15, 0.2) is 35.9 Å². The minimum absolute atomic E-state index is 1.08. The zero-order valence-electron chi connectivity index (χ0n) is 11.4. The Balaban J connectivity index is 2.30. The molecule has 0 bridgehead atoms. The molecule has 0 aromatic heterocycles. The molecular weight excluding hydrogens is 206 g/mol. The summed E-state index contributed by atoms with van der Waals surface area (Å²) in [6.45, 7) is 8.78. The molecule has 0 saturated carbocycles. The predicted octanol–water partition coefficient (Wildman–Crippen LogP) is 3.87. The first-order valence-corrected chi connectivity index (χ1v) is 6.64. The molecule has 17 heavy (non-hydrogen) atoms. The largest absolute Gasteiger partial charge is 0.316 e. The lowest BCUT2D eigenvalue weighted by atomic mass is 10.0. The van der Waals surface area contributed by atoms with Crippen LogP contribution in [0.1, 0.15) is 37.8 Å². The lowest BCUT2D eigenvalue weighted by Crippen LogP contribution is -2.15. The predicted molar refractivity (Wildman–Crippen MR) is 76.4 cm³/mol. The maximum Gasteiger partial charge on any atom is -0.00142 e. The third kappa shape index (κ3) is 6.28. The molecular formula is C16H25N. The summed E-state index contributed by atoms with van der Waals surface area (Å²) in [5, 5.41) is 3.42. The van der Waals surface area contributed by atoms with Gasteiger partial charge in [0, 0.05) is 0 Å². The van der Waals surface area contributed by atoms with Gasteiger partial charge >= 0.3 is 0 Å². The summed E-state index contributed by atoms with van der Waals surface area (Å²) in [6, 6.07) is 8.82. The zero-order valence-corrected chi connectivity index (χ0v) is 11.4. The van der Waals surface area contributed by atoms with Gasteiger partial charge in [0.1, 0.15) is 0 Å². The molecule has 0 aliphatic heterocycles. The molecule has 1 heteroatoms. The van der Waals surface area contributed by atoms with Crippen LogP contribution in [0.3, 0.4) is 0 Å². The first-order valence-electron chi connectivity index (χ1n) is 6.64. The smallest absolute Gasteiger partial charge is 0.00142 e.